The van der Waals surface area contributed by atoms with E-state index in [9.17, 15) is 9.59 Å². The summed E-state index contributed by atoms with van der Waals surface area (Å²) < 4.78 is 4.92. The summed E-state index contributed by atoms with van der Waals surface area (Å²) >= 11 is 0. The van der Waals surface area contributed by atoms with Gasteiger partial charge >= 0.3 is 0 Å². The maximum absolute atomic E-state index is 12.3. The van der Waals surface area contributed by atoms with Gasteiger partial charge in [-0.15, -0.1) is 0 Å². The van der Waals surface area contributed by atoms with Crippen molar-refractivity contribution in [1.29, 1.82) is 0 Å². The summed E-state index contributed by atoms with van der Waals surface area (Å²) in [4.78, 5) is 24.7. The molecular weight excluding hydrogens is 304 g/mol. The van der Waals surface area contributed by atoms with Gasteiger partial charge < -0.3 is 15.4 Å². The topological polar surface area (TPSA) is 67.4 Å². The first-order chi connectivity index (χ1) is 11.7. The molecule has 2 aromatic rings. The number of carbonyl (C=O) groups is 2. The highest BCUT2D eigenvalue weighted by atomic mass is 16.5. The lowest BCUT2D eigenvalue weighted by molar-refractivity contribution is -0.117. The van der Waals surface area contributed by atoms with E-state index in [0.717, 1.165) is 5.56 Å². The molecule has 5 heteroatoms. The number of hydrogen-bond donors (Lipinski definition) is 2. The number of rotatable bonds is 7. The third-order valence-electron chi connectivity index (χ3n) is 3.23. The molecule has 0 aliphatic carbocycles. The van der Waals surface area contributed by atoms with Gasteiger partial charge in [-0.3, -0.25) is 9.59 Å². The van der Waals surface area contributed by atoms with Crippen LogP contribution >= 0.6 is 0 Å². The van der Waals surface area contributed by atoms with Crippen molar-refractivity contribution in [1.82, 2.24) is 10.6 Å². The minimum absolute atomic E-state index is 0.186. The number of amides is 2. The largest absolute Gasteiger partial charge is 0.383 e. The molecule has 2 rings (SSSR count). The Bertz CT molecular complexity index is 697. The zero-order chi connectivity index (χ0) is 17.2. The minimum Gasteiger partial charge on any atom is -0.383 e. The molecule has 0 aliphatic rings. The first-order valence-electron chi connectivity index (χ1n) is 7.61. The van der Waals surface area contributed by atoms with E-state index in [4.69, 9.17) is 4.74 Å². The number of nitrogens with one attached hydrogen (secondary N) is 2. The summed E-state index contributed by atoms with van der Waals surface area (Å²) in [7, 11) is 1.56. The number of methoxy groups -OCH3 is 1. The molecule has 0 radical (unpaired) electrons. The summed E-state index contributed by atoms with van der Waals surface area (Å²) in [5, 5.41) is 5.39. The van der Waals surface area contributed by atoms with Crippen molar-refractivity contribution in [3.63, 3.8) is 0 Å². The van der Waals surface area contributed by atoms with Gasteiger partial charge in [0.25, 0.3) is 11.8 Å². The fourth-order valence-electron chi connectivity index (χ4n) is 2.02. The maximum atomic E-state index is 12.3. The lowest BCUT2D eigenvalue weighted by atomic mass is 10.1. The highest BCUT2D eigenvalue weighted by molar-refractivity contribution is 6.05. The molecule has 0 aliphatic heterocycles. The van der Waals surface area contributed by atoms with Crippen molar-refractivity contribution < 1.29 is 14.3 Å². The van der Waals surface area contributed by atoms with Crippen LogP contribution < -0.4 is 10.6 Å². The van der Waals surface area contributed by atoms with E-state index >= 15 is 0 Å². The zero-order valence-electron chi connectivity index (χ0n) is 13.5. The zero-order valence-corrected chi connectivity index (χ0v) is 13.5. The number of hydrogen-bond acceptors (Lipinski definition) is 3. The van der Waals surface area contributed by atoms with Gasteiger partial charge in [0.05, 0.1) is 6.61 Å². The van der Waals surface area contributed by atoms with Crippen LogP contribution in [0.1, 0.15) is 15.9 Å². The Hall–Kier alpha value is -2.92. The Labute approximate surface area is 141 Å². The SMILES string of the molecule is COCCNC(=O)/C(=C/c1ccccc1)NC(=O)c1ccccc1. The van der Waals surface area contributed by atoms with E-state index in [2.05, 4.69) is 10.6 Å². The van der Waals surface area contributed by atoms with E-state index in [0.29, 0.717) is 18.7 Å². The summed E-state index contributed by atoms with van der Waals surface area (Å²) in [5.74, 6) is -0.695. The fraction of sp³-hybridized carbons (Fsp3) is 0.158. The molecule has 2 amide bonds. The summed E-state index contributed by atoms with van der Waals surface area (Å²) in [5.41, 5.74) is 1.50. The Morgan fingerprint density at radius 2 is 1.62 bits per heavy atom. The molecule has 24 heavy (non-hydrogen) atoms. The van der Waals surface area contributed by atoms with Crippen molar-refractivity contribution in [2.24, 2.45) is 0 Å². The van der Waals surface area contributed by atoms with Gasteiger partial charge in [0.1, 0.15) is 5.70 Å². The summed E-state index contributed by atoms with van der Waals surface area (Å²) in [6.07, 6.45) is 1.64. The predicted molar refractivity (Wildman–Crippen MR) is 93.2 cm³/mol. The summed E-state index contributed by atoms with van der Waals surface area (Å²) in [6.45, 7) is 0.764. The molecule has 2 aromatic carbocycles. The second-order valence-corrected chi connectivity index (χ2v) is 5.04. The lowest BCUT2D eigenvalue weighted by Crippen LogP contribution is -2.36. The van der Waals surface area contributed by atoms with Crippen LogP contribution in [-0.4, -0.2) is 32.1 Å². The highest BCUT2D eigenvalue weighted by Gasteiger charge is 2.14. The quantitative estimate of drug-likeness (QED) is 0.606. The van der Waals surface area contributed by atoms with Crippen LogP contribution in [0, 0.1) is 0 Å². The van der Waals surface area contributed by atoms with E-state index in [1.54, 1.807) is 37.5 Å². The van der Waals surface area contributed by atoms with Crippen LogP contribution in [0.25, 0.3) is 6.08 Å². The molecular formula is C19H20N2O3. The predicted octanol–water partition coefficient (Wildman–Crippen LogP) is 2.22. The average molecular weight is 324 g/mol. The van der Waals surface area contributed by atoms with E-state index in [-0.39, 0.29) is 17.5 Å². The van der Waals surface area contributed by atoms with E-state index < -0.39 is 0 Å². The van der Waals surface area contributed by atoms with Crippen molar-refractivity contribution in [3.8, 4) is 0 Å². The molecule has 124 valence electrons. The second kappa shape index (κ2) is 9.27. The lowest BCUT2D eigenvalue weighted by Gasteiger charge is -2.11. The van der Waals surface area contributed by atoms with Crippen molar-refractivity contribution in [2.45, 2.75) is 0 Å². The normalized spacial score (nSPS) is 11.0. The smallest absolute Gasteiger partial charge is 0.267 e. The van der Waals surface area contributed by atoms with Crippen LogP contribution in [0.2, 0.25) is 0 Å². The monoisotopic (exact) mass is 324 g/mol. The van der Waals surface area contributed by atoms with Crippen LogP contribution in [-0.2, 0) is 9.53 Å². The Balaban J connectivity index is 2.17. The maximum Gasteiger partial charge on any atom is 0.267 e. The molecule has 0 unspecified atom stereocenters. The molecule has 0 fully saturated rings. The van der Waals surface area contributed by atoms with Crippen LogP contribution in [0.4, 0.5) is 0 Å². The number of benzene rings is 2. The molecule has 5 nitrogen and oxygen atoms in total. The molecule has 0 aromatic heterocycles. The van der Waals surface area contributed by atoms with Gasteiger partial charge in [0.15, 0.2) is 0 Å². The van der Waals surface area contributed by atoms with Crippen LogP contribution in [0.3, 0.4) is 0 Å². The van der Waals surface area contributed by atoms with Crippen LogP contribution in [0.15, 0.2) is 66.4 Å². The van der Waals surface area contributed by atoms with Gasteiger partial charge in [0, 0.05) is 19.2 Å². The minimum atomic E-state index is -0.361. The Morgan fingerprint density at radius 3 is 2.25 bits per heavy atom. The third-order valence-corrected chi connectivity index (χ3v) is 3.23. The number of carbonyl (C=O) groups excluding carboxylic acids is 2. The summed E-state index contributed by atoms with van der Waals surface area (Å²) in [6, 6.07) is 18.1. The Kier molecular flexibility index (Phi) is 6.73. The highest BCUT2D eigenvalue weighted by Crippen LogP contribution is 2.07. The first kappa shape index (κ1) is 17.4. The Morgan fingerprint density at radius 1 is 1.00 bits per heavy atom. The molecule has 0 heterocycles. The van der Waals surface area contributed by atoms with Crippen molar-refractivity contribution in [3.05, 3.63) is 77.5 Å². The van der Waals surface area contributed by atoms with Crippen LogP contribution in [0.5, 0.6) is 0 Å². The van der Waals surface area contributed by atoms with Gasteiger partial charge in [-0.25, -0.2) is 0 Å². The van der Waals surface area contributed by atoms with E-state index in [1.165, 1.54) is 0 Å². The fourth-order valence-corrected chi connectivity index (χ4v) is 2.02. The molecule has 0 spiro atoms. The number of ether oxygens (including phenoxy) is 1. The third kappa shape index (κ3) is 5.37. The van der Waals surface area contributed by atoms with Crippen molar-refractivity contribution in [2.75, 3.05) is 20.3 Å². The molecule has 0 saturated heterocycles. The second-order valence-electron chi connectivity index (χ2n) is 5.04. The molecule has 0 saturated carbocycles. The average Bonchev–Trinajstić information content (AvgIpc) is 2.63. The standard InChI is InChI=1S/C19H20N2O3/c1-24-13-12-20-19(23)17(14-15-8-4-2-5-9-15)21-18(22)16-10-6-3-7-11-16/h2-11,14H,12-13H2,1H3,(H,20,23)(H,21,22)/b17-14-. The van der Waals surface area contributed by atoms with E-state index in [1.807, 2.05) is 36.4 Å². The van der Waals surface area contributed by atoms with Gasteiger partial charge in [-0.1, -0.05) is 48.5 Å². The molecule has 2 N–H and O–H groups in total. The first-order valence-corrected chi connectivity index (χ1v) is 7.61. The molecule has 0 bridgehead atoms. The van der Waals surface area contributed by atoms with Crippen molar-refractivity contribution >= 4 is 17.9 Å². The van der Waals surface area contributed by atoms with Gasteiger partial charge in [0.2, 0.25) is 0 Å². The van der Waals surface area contributed by atoms with Gasteiger partial charge in [-0.05, 0) is 23.8 Å². The van der Waals surface area contributed by atoms with Gasteiger partial charge in [-0.2, -0.15) is 0 Å². The molecule has 0 atom stereocenters.